The molecule has 0 atom stereocenters. The molecule has 7 nitrogen and oxygen atoms in total. The maximum absolute atomic E-state index is 11.0. The summed E-state index contributed by atoms with van der Waals surface area (Å²) in [5.74, 6) is -0.293. The number of nitro groups is 1. The van der Waals surface area contributed by atoms with Gasteiger partial charge in [0.15, 0.2) is 0 Å². The third-order valence-corrected chi connectivity index (χ3v) is 2.07. The van der Waals surface area contributed by atoms with E-state index in [1.807, 2.05) is 0 Å². The summed E-state index contributed by atoms with van der Waals surface area (Å²) in [6.45, 7) is -0.0717. The molecule has 0 aliphatic rings. The average Bonchev–Trinajstić information content (AvgIpc) is 2.35. The van der Waals surface area contributed by atoms with E-state index < -0.39 is 4.92 Å². The minimum atomic E-state index is -0.612. The first-order valence-corrected chi connectivity index (χ1v) is 4.76. The second kappa shape index (κ2) is 5.59. The van der Waals surface area contributed by atoms with Gasteiger partial charge in [-0.05, 0) is 12.1 Å². The number of likely N-dealkylation sites (N-methyl/N-ethyl adjacent to an activating group) is 1. The number of nitrogens with zero attached hydrogens (tertiary/aromatic N) is 1. The van der Waals surface area contributed by atoms with Crippen LogP contribution in [0.15, 0.2) is 18.2 Å². The third-order valence-electron chi connectivity index (χ3n) is 2.07. The highest BCUT2D eigenvalue weighted by molar-refractivity contribution is 5.83. The summed E-state index contributed by atoms with van der Waals surface area (Å²) < 4.78 is 0. The van der Waals surface area contributed by atoms with E-state index in [4.69, 9.17) is 0 Å². The molecule has 0 unspecified atom stereocenters. The highest BCUT2D eigenvalue weighted by Crippen LogP contribution is 2.24. The van der Waals surface area contributed by atoms with Crippen molar-refractivity contribution in [1.82, 2.24) is 5.32 Å². The van der Waals surface area contributed by atoms with Gasteiger partial charge in [-0.15, -0.1) is 0 Å². The Balaban J connectivity index is 2.94. The molecule has 0 aliphatic heterocycles. The van der Waals surface area contributed by atoms with Crippen molar-refractivity contribution in [2.24, 2.45) is 0 Å². The van der Waals surface area contributed by atoms with Crippen molar-refractivity contribution in [1.29, 1.82) is 0 Å². The molecule has 0 spiro atoms. The number of anilines is 1. The van der Waals surface area contributed by atoms with E-state index in [0.717, 1.165) is 6.07 Å². The van der Waals surface area contributed by atoms with Crippen molar-refractivity contribution in [2.45, 2.75) is 0 Å². The lowest BCUT2D eigenvalue weighted by Crippen LogP contribution is -2.26. The Morgan fingerprint density at radius 3 is 2.76 bits per heavy atom. The van der Waals surface area contributed by atoms with E-state index in [9.17, 15) is 19.7 Å². The average molecular weight is 237 g/mol. The van der Waals surface area contributed by atoms with E-state index in [-0.39, 0.29) is 29.4 Å². The molecule has 17 heavy (non-hydrogen) atoms. The van der Waals surface area contributed by atoms with Crippen LogP contribution in [0.1, 0.15) is 10.4 Å². The molecule has 0 saturated carbocycles. The second-order valence-electron chi connectivity index (χ2n) is 3.18. The van der Waals surface area contributed by atoms with Crippen LogP contribution < -0.4 is 10.6 Å². The fourth-order valence-electron chi connectivity index (χ4n) is 1.19. The number of benzene rings is 1. The van der Waals surface area contributed by atoms with Crippen LogP contribution in [0.2, 0.25) is 0 Å². The Bertz CT molecular complexity index is 459. The summed E-state index contributed by atoms with van der Waals surface area (Å²) in [4.78, 5) is 31.6. The molecular formula is C10H11N3O4. The van der Waals surface area contributed by atoms with Crippen molar-refractivity contribution in [3.05, 3.63) is 33.9 Å². The molecule has 1 aromatic carbocycles. The van der Waals surface area contributed by atoms with Gasteiger partial charge in [-0.1, -0.05) is 0 Å². The zero-order valence-electron chi connectivity index (χ0n) is 9.10. The molecule has 0 radical (unpaired) electrons. The highest BCUT2D eigenvalue weighted by atomic mass is 16.6. The Kier molecular flexibility index (Phi) is 4.15. The molecule has 0 aromatic heterocycles. The van der Waals surface area contributed by atoms with Gasteiger partial charge < -0.3 is 10.6 Å². The second-order valence-corrected chi connectivity index (χ2v) is 3.18. The zero-order valence-corrected chi connectivity index (χ0v) is 9.10. The fourth-order valence-corrected chi connectivity index (χ4v) is 1.19. The number of carbonyl (C=O) groups excluding carboxylic acids is 2. The van der Waals surface area contributed by atoms with Gasteiger partial charge in [0.1, 0.15) is 12.0 Å². The van der Waals surface area contributed by atoms with Crippen LogP contribution in [-0.2, 0) is 4.79 Å². The van der Waals surface area contributed by atoms with Gasteiger partial charge in [0.2, 0.25) is 5.91 Å². The van der Waals surface area contributed by atoms with Crippen LogP contribution in [0.3, 0.4) is 0 Å². The highest BCUT2D eigenvalue weighted by Gasteiger charge is 2.14. The molecule has 2 N–H and O–H groups in total. The van der Waals surface area contributed by atoms with E-state index in [0.29, 0.717) is 6.29 Å². The molecule has 7 heteroatoms. The van der Waals surface area contributed by atoms with Crippen LogP contribution >= 0.6 is 0 Å². The number of aldehydes is 1. The largest absolute Gasteiger partial charge is 0.371 e. The summed E-state index contributed by atoms with van der Waals surface area (Å²) in [6.07, 6.45) is 0.523. The van der Waals surface area contributed by atoms with Gasteiger partial charge in [0.25, 0.3) is 5.69 Å². The van der Waals surface area contributed by atoms with Crippen molar-refractivity contribution in [3.8, 4) is 0 Å². The van der Waals surface area contributed by atoms with Crippen LogP contribution in [0.25, 0.3) is 0 Å². The lowest BCUT2D eigenvalue weighted by molar-refractivity contribution is -0.384. The Labute approximate surface area is 97.0 Å². The van der Waals surface area contributed by atoms with Crippen LogP contribution in [-0.4, -0.2) is 30.7 Å². The van der Waals surface area contributed by atoms with Gasteiger partial charge in [-0.3, -0.25) is 19.7 Å². The lowest BCUT2D eigenvalue weighted by atomic mass is 10.2. The normalized spacial score (nSPS) is 9.47. The number of carbonyl (C=O) groups is 2. The summed E-state index contributed by atoms with van der Waals surface area (Å²) in [7, 11) is 1.47. The van der Waals surface area contributed by atoms with Crippen LogP contribution in [0.5, 0.6) is 0 Å². The number of nitro benzene ring substituents is 1. The lowest BCUT2D eigenvalue weighted by Gasteiger charge is -2.06. The molecule has 0 aliphatic carbocycles. The zero-order chi connectivity index (χ0) is 12.8. The summed E-state index contributed by atoms with van der Waals surface area (Å²) in [6, 6.07) is 3.98. The quantitative estimate of drug-likeness (QED) is 0.442. The minimum Gasteiger partial charge on any atom is -0.371 e. The van der Waals surface area contributed by atoms with E-state index in [2.05, 4.69) is 10.6 Å². The molecule has 0 saturated heterocycles. The Morgan fingerprint density at radius 1 is 1.53 bits per heavy atom. The molecule has 90 valence electrons. The number of hydrogen-bond acceptors (Lipinski definition) is 5. The summed E-state index contributed by atoms with van der Waals surface area (Å²) in [5.41, 5.74) is 0.171. The predicted octanol–water partition coefficient (Wildman–Crippen LogP) is 0.565. The summed E-state index contributed by atoms with van der Waals surface area (Å²) >= 11 is 0. The SMILES string of the molecule is CNC(=O)CNc1ccc(C=O)cc1[N+](=O)[O-]. The Morgan fingerprint density at radius 2 is 2.24 bits per heavy atom. The van der Waals surface area contributed by atoms with Crippen molar-refractivity contribution >= 4 is 23.6 Å². The van der Waals surface area contributed by atoms with Gasteiger partial charge in [0, 0.05) is 18.7 Å². The maximum atomic E-state index is 11.0. The van der Waals surface area contributed by atoms with Crippen molar-refractivity contribution in [3.63, 3.8) is 0 Å². The van der Waals surface area contributed by atoms with Gasteiger partial charge in [-0.2, -0.15) is 0 Å². The van der Waals surface area contributed by atoms with Gasteiger partial charge in [0.05, 0.1) is 11.5 Å². The maximum Gasteiger partial charge on any atom is 0.293 e. The fraction of sp³-hybridized carbons (Fsp3) is 0.200. The summed E-state index contributed by atoms with van der Waals surface area (Å²) in [5, 5.41) is 15.8. The monoisotopic (exact) mass is 237 g/mol. The van der Waals surface area contributed by atoms with Gasteiger partial charge in [-0.25, -0.2) is 0 Å². The van der Waals surface area contributed by atoms with E-state index >= 15 is 0 Å². The van der Waals surface area contributed by atoms with Gasteiger partial charge >= 0.3 is 0 Å². The van der Waals surface area contributed by atoms with Crippen LogP contribution in [0.4, 0.5) is 11.4 Å². The third kappa shape index (κ3) is 3.26. The molecule has 1 rings (SSSR count). The van der Waals surface area contributed by atoms with E-state index in [1.54, 1.807) is 0 Å². The number of hydrogen-bond donors (Lipinski definition) is 2. The molecule has 1 aromatic rings. The standard InChI is InChI=1S/C10H11N3O4/c1-11-10(15)5-12-8-3-2-7(6-14)4-9(8)13(16)17/h2-4,6,12H,5H2,1H3,(H,11,15). The molecule has 0 heterocycles. The Hall–Kier alpha value is -2.44. The predicted molar refractivity (Wildman–Crippen MR) is 61.0 cm³/mol. The van der Waals surface area contributed by atoms with E-state index in [1.165, 1.54) is 19.2 Å². The van der Waals surface area contributed by atoms with Crippen molar-refractivity contribution < 1.29 is 14.5 Å². The van der Waals surface area contributed by atoms with Crippen molar-refractivity contribution in [2.75, 3.05) is 18.9 Å². The number of nitrogens with one attached hydrogen (secondary N) is 2. The number of amides is 1. The molecular weight excluding hydrogens is 226 g/mol. The molecule has 1 amide bonds. The first-order valence-electron chi connectivity index (χ1n) is 4.76. The smallest absolute Gasteiger partial charge is 0.293 e. The first-order chi connectivity index (χ1) is 8.08. The topological polar surface area (TPSA) is 101 Å². The molecule has 0 bridgehead atoms. The first kappa shape index (κ1) is 12.6. The van der Waals surface area contributed by atoms with Crippen LogP contribution in [0, 0.1) is 10.1 Å². The minimum absolute atomic E-state index is 0.0717. The number of rotatable bonds is 5. The molecule has 0 fully saturated rings.